The second-order valence-corrected chi connectivity index (χ2v) is 6.32. The van der Waals surface area contributed by atoms with E-state index in [1.165, 1.54) is 5.01 Å². The lowest BCUT2D eigenvalue weighted by Crippen LogP contribution is -2.43. The van der Waals surface area contributed by atoms with Crippen LogP contribution >= 0.6 is 0 Å². The van der Waals surface area contributed by atoms with E-state index in [1.54, 1.807) is 61.7 Å². The molecule has 9 nitrogen and oxygen atoms in total. The van der Waals surface area contributed by atoms with E-state index in [9.17, 15) is 14.4 Å². The molecule has 2 aliphatic heterocycles. The van der Waals surface area contributed by atoms with Gasteiger partial charge in [-0.3, -0.25) is 19.4 Å². The first-order valence-corrected chi connectivity index (χ1v) is 8.62. The molecular weight excluding hydrogens is 362 g/mol. The van der Waals surface area contributed by atoms with Crippen LogP contribution in [0.2, 0.25) is 0 Å². The van der Waals surface area contributed by atoms with Gasteiger partial charge in [0.1, 0.15) is 12.3 Å². The first kappa shape index (κ1) is 17.7. The van der Waals surface area contributed by atoms with Crippen molar-refractivity contribution in [2.24, 2.45) is 10.3 Å². The Morgan fingerprint density at radius 1 is 1.07 bits per heavy atom. The number of rotatable bonds is 5. The van der Waals surface area contributed by atoms with E-state index in [0.717, 1.165) is 4.90 Å². The molecule has 0 radical (unpaired) electrons. The summed E-state index contributed by atoms with van der Waals surface area (Å²) in [5.74, 6) is -0.583. The van der Waals surface area contributed by atoms with Gasteiger partial charge in [-0.2, -0.15) is 5.11 Å². The average molecular weight is 379 g/mol. The van der Waals surface area contributed by atoms with Crippen LogP contribution in [0.25, 0.3) is 0 Å². The molecule has 0 unspecified atom stereocenters. The fraction of sp³-hybridized carbons (Fsp3) is 0.211. The number of carbonyl (C=O) groups is 3. The zero-order valence-electron chi connectivity index (χ0n) is 15.0. The molecule has 142 valence electrons. The van der Waals surface area contributed by atoms with Crippen molar-refractivity contribution in [1.29, 1.82) is 0 Å². The molecule has 28 heavy (non-hydrogen) atoms. The summed E-state index contributed by atoms with van der Waals surface area (Å²) < 4.78 is 5.08. The molecule has 0 bridgehead atoms. The second kappa shape index (κ2) is 7.10. The van der Waals surface area contributed by atoms with Crippen molar-refractivity contribution in [3.05, 3.63) is 54.6 Å². The van der Waals surface area contributed by atoms with Gasteiger partial charge in [0, 0.05) is 5.69 Å². The summed E-state index contributed by atoms with van der Waals surface area (Å²) in [7, 11) is 1.56. The van der Waals surface area contributed by atoms with Crippen molar-refractivity contribution in [2.45, 2.75) is 12.1 Å². The first-order chi connectivity index (χ1) is 13.6. The van der Waals surface area contributed by atoms with Crippen LogP contribution in [-0.2, 0) is 14.4 Å². The Bertz CT molecular complexity index is 945. The van der Waals surface area contributed by atoms with Crippen LogP contribution in [-0.4, -0.2) is 48.5 Å². The Labute approximate surface area is 160 Å². The van der Waals surface area contributed by atoms with Crippen molar-refractivity contribution in [1.82, 2.24) is 5.01 Å². The molecule has 9 heteroatoms. The van der Waals surface area contributed by atoms with Crippen LogP contribution < -0.4 is 15.0 Å². The molecular formula is C19H17N5O4. The van der Waals surface area contributed by atoms with Crippen molar-refractivity contribution >= 4 is 29.1 Å². The highest BCUT2D eigenvalue weighted by Gasteiger charge is 2.55. The van der Waals surface area contributed by atoms with Crippen LogP contribution in [0.4, 0.5) is 11.4 Å². The molecule has 2 atom stereocenters. The summed E-state index contributed by atoms with van der Waals surface area (Å²) in [5.41, 5.74) is 1.06. The van der Waals surface area contributed by atoms with Gasteiger partial charge >= 0.3 is 0 Å². The number of para-hydroxylation sites is 1. The van der Waals surface area contributed by atoms with Gasteiger partial charge < -0.3 is 10.1 Å². The number of carbonyl (C=O) groups excluding carboxylic acids is 3. The standard InChI is InChI=1S/C19H17N5O4/c1-28-14-9-7-12(8-10-14)20-15(25)11-23-17-16(21-22-23)18(26)24(19(17)27)13-5-3-2-4-6-13/h2-10,16-17H,11H2,1H3,(H,20,25)/t16-,17+/m0/s1. The molecule has 1 N–H and O–H groups in total. The Morgan fingerprint density at radius 2 is 1.79 bits per heavy atom. The maximum absolute atomic E-state index is 12.8. The normalized spacial score (nSPS) is 20.5. The van der Waals surface area contributed by atoms with Crippen molar-refractivity contribution in [3.8, 4) is 5.75 Å². The van der Waals surface area contributed by atoms with E-state index in [2.05, 4.69) is 15.7 Å². The highest BCUT2D eigenvalue weighted by atomic mass is 16.5. The van der Waals surface area contributed by atoms with E-state index in [-0.39, 0.29) is 12.5 Å². The molecule has 0 aliphatic carbocycles. The summed E-state index contributed by atoms with van der Waals surface area (Å²) in [6.07, 6.45) is 0. The van der Waals surface area contributed by atoms with E-state index < -0.39 is 23.9 Å². The summed E-state index contributed by atoms with van der Waals surface area (Å²) in [4.78, 5) is 38.9. The minimum absolute atomic E-state index is 0.196. The molecule has 2 aromatic carbocycles. The van der Waals surface area contributed by atoms with Crippen LogP contribution in [0.15, 0.2) is 64.9 Å². The number of fused-ring (bicyclic) bond motifs is 1. The Balaban J connectivity index is 1.45. The maximum atomic E-state index is 12.8. The van der Waals surface area contributed by atoms with Gasteiger partial charge in [0.25, 0.3) is 11.8 Å². The Hall–Kier alpha value is -3.75. The third-order valence-electron chi connectivity index (χ3n) is 4.55. The second-order valence-electron chi connectivity index (χ2n) is 6.32. The molecule has 3 amide bonds. The summed E-state index contributed by atoms with van der Waals surface area (Å²) in [5, 5.41) is 11.8. The SMILES string of the molecule is COc1ccc(NC(=O)CN2N=N[C@@H]3C(=O)N(c4ccccc4)C(=O)[C@@H]32)cc1. The monoisotopic (exact) mass is 379 g/mol. The van der Waals surface area contributed by atoms with Crippen LogP contribution in [0.5, 0.6) is 5.75 Å². The van der Waals surface area contributed by atoms with Crippen LogP contribution in [0, 0.1) is 0 Å². The molecule has 4 rings (SSSR count). The highest BCUT2D eigenvalue weighted by molar-refractivity contribution is 6.25. The topological polar surface area (TPSA) is 104 Å². The predicted molar refractivity (Wildman–Crippen MR) is 99.7 cm³/mol. The number of methoxy groups -OCH3 is 1. The van der Waals surface area contributed by atoms with Gasteiger partial charge in [-0.15, -0.1) is 0 Å². The molecule has 1 fully saturated rings. The largest absolute Gasteiger partial charge is 0.497 e. The van der Waals surface area contributed by atoms with Crippen molar-refractivity contribution in [3.63, 3.8) is 0 Å². The van der Waals surface area contributed by atoms with Gasteiger partial charge in [-0.1, -0.05) is 23.4 Å². The number of hydrogen-bond donors (Lipinski definition) is 1. The Morgan fingerprint density at radius 3 is 2.46 bits per heavy atom. The quantitative estimate of drug-likeness (QED) is 0.795. The molecule has 2 aliphatic rings. The number of anilines is 2. The molecule has 0 aromatic heterocycles. The summed E-state index contributed by atoms with van der Waals surface area (Å²) in [6, 6.07) is 13.6. The number of imide groups is 1. The predicted octanol–water partition coefficient (Wildman–Crippen LogP) is 1.63. The highest BCUT2D eigenvalue weighted by Crippen LogP contribution is 2.31. The Kier molecular flexibility index (Phi) is 4.48. The van der Waals surface area contributed by atoms with Crippen LogP contribution in [0.3, 0.4) is 0 Å². The van der Waals surface area contributed by atoms with Gasteiger partial charge in [0.2, 0.25) is 5.91 Å². The lowest BCUT2D eigenvalue weighted by molar-refractivity contribution is -0.123. The van der Waals surface area contributed by atoms with Crippen molar-refractivity contribution < 1.29 is 19.1 Å². The van der Waals surface area contributed by atoms with Gasteiger partial charge in [-0.25, -0.2) is 4.90 Å². The summed E-state index contributed by atoms with van der Waals surface area (Å²) >= 11 is 0. The lowest BCUT2D eigenvalue weighted by Gasteiger charge is -2.20. The molecule has 0 saturated carbocycles. The zero-order valence-corrected chi connectivity index (χ0v) is 15.0. The number of nitrogens with one attached hydrogen (secondary N) is 1. The van der Waals surface area contributed by atoms with E-state index >= 15 is 0 Å². The smallest absolute Gasteiger partial charge is 0.263 e. The van der Waals surface area contributed by atoms with E-state index in [4.69, 9.17) is 4.74 Å². The van der Waals surface area contributed by atoms with Crippen molar-refractivity contribution in [2.75, 3.05) is 23.9 Å². The maximum Gasteiger partial charge on any atom is 0.263 e. The zero-order chi connectivity index (χ0) is 19.7. The molecule has 1 saturated heterocycles. The number of benzene rings is 2. The number of nitrogens with zero attached hydrogens (tertiary/aromatic N) is 4. The third kappa shape index (κ3) is 3.07. The van der Waals surface area contributed by atoms with E-state index in [1.807, 2.05) is 0 Å². The van der Waals surface area contributed by atoms with Gasteiger partial charge in [0.05, 0.1) is 12.8 Å². The molecule has 2 aromatic rings. The first-order valence-electron chi connectivity index (χ1n) is 8.62. The van der Waals surface area contributed by atoms with Gasteiger partial charge in [0.15, 0.2) is 12.1 Å². The summed E-state index contributed by atoms with van der Waals surface area (Å²) in [6.45, 7) is -0.196. The lowest BCUT2D eigenvalue weighted by atomic mass is 10.1. The minimum atomic E-state index is -0.929. The van der Waals surface area contributed by atoms with E-state index in [0.29, 0.717) is 17.1 Å². The molecule has 0 spiro atoms. The van der Waals surface area contributed by atoms with Gasteiger partial charge in [-0.05, 0) is 36.4 Å². The average Bonchev–Trinajstić information content (AvgIpc) is 3.23. The molecule has 2 heterocycles. The van der Waals surface area contributed by atoms with Crippen LogP contribution in [0.1, 0.15) is 0 Å². The third-order valence-corrected chi connectivity index (χ3v) is 4.55. The fourth-order valence-electron chi connectivity index (χ4n) is 3.21. The minimum Gasteiger partial charge on any atom is -0.497 e. The number of hydrogen-bond acceptors (Lipinski definition) is 7. The number of ether oxygens (including phenoxy) is 1. The number of amides is 3. The fourth-order valence-corrected chi connectivity index (χ4v) is 3.21.